The molecule has 0 N–H and O–H groups in total. The minimum atomic E-state index is -3.27. The first kappa shape index (κ1) is 16.4. The van der Waals surface area contributed by atoms with E-state index in [0.717, 1.165) is 32.1 Å². The lowest BCUT2D eigenvalue weighted by atomic mass is 10.2. The van der Waals surface area contributed by atoms with Crippen LogP contribution >= 0.6 is 15.9 Å². The minimum Gasteiger partial charge on any atom is -0.195 e. The number of piperidine rings is 1. The molecule has 0 aromatic rings. The fourth-order valence-corrected chi connectivity index (χ4v) is 5.14. The molecule has 0 saturated carbocycles. The molecule has 0 aromatic heterocycles. The summed E-state index contributed by atoms with van der Waals surface area (Å²) < 4.78 is 28.7. The van der Waals surface area contributed by atoms with Gasteiger partial charge in [0.15, 0.2) is 0 Å². The molecular formula is C12H25BrN2O2S. The van der Waals surface area contributed by atoms with E-state index < -0.39 is 10.2 Å². The molecule has 18 heavy (non-hydrogen) atoms. The topological polar surface area (TPSA) is 40.6 Å². The van der Waals surface area contributed by atoms with E-state index in [0.29, 0.717) is 25.0 Å². The Morgan fingerprint density at radius 1 is 1.17 bits per heavy atom. The summed E-state index contributed by atoms with van der Waals surface area (Å²) in [4.78, 5) is 0. The van der Waals surface area contributed by atoms with Crippen molar-refractivity contribution < 1.29 is 8.42 Å². The van der Waals surface area contributed by atoms with Crippen molar-refractivity contribution in [3.8, 4) is 0 Å². The molecule has 1 aliphatic rings. The molecule has 6 heteroatoms. The average Bonchev–Trinajstić information content (AvgIpc) is 2.40. The minimum absolute atomic E-state index is 0.120. The molecule has 0 unspecified atom stereocenters. The van der Waals surface area contributed by atoms with E-state index in [1.807, 2.05) is 0 Å². The van der Waals surface area contributed by atoms with Gasteiger partial charge in [0, 0.05) is 31.0 Å². The van der Waals surface area contributed by atoms with E-state index in [1.54, 1.807) is 8.61 Å². The Morgan fingerprint density at radius 2 is 1.72 bits per heavy atom. The molecule has 1 aliphatic heterocycles. The van der Waals surface area contributed by atoms with Gasteiger partial charge in [0.1, 0.15) is 0 Å². The number of alkyl halides is 1. The highest BCUT2D eigenvalue weighted by molar-refractivity contribution is 9.09. The first-order chi connectivity index (χ1) is 8.57. The van der Waals surface area contributed by atoms with Crippen molar-refractivity contribution in [1.29, 1.82) is 0 Å². The van der Waals surface area contributed by atoms with Gasteiger partial charge in [0.05, 0.1) is 0 Å². The molecule has 108 valence electrons. The molecule has 1 rings (SSSR count). The van der Waals surface area contributed by atoms with Gasteiger partial charge in [-0.05, 0) is 25.7 Å². The average molecular weight is 341 g/mol. The van der Waals surface area contributed by atoms with Crippen molar-refractivity contribution in [3.63, 3.8) is 0 Å². The van der Waals surface area contributed by atoms with Crippen LogP contribution in [0.1, 0.15) is 46.0 Å². The Morgan fingerprint density at radius 3 is 2.17 bits per heavy atom. The van der Waals surface area contributed by atoms with Gasteiger partial charge in [0.2, 0.25) is 0 Å². The molecule has 0 aliphatic carbocycles. The maximum absolute atomic E-state index is 12.7. The second-order valence-electron chi connectivity index (χ2n) is 4.74. The number of hydrogen-bond acceptors (Lipinski definition) is 2. The summed E-state index contributed by atoms with van der Waals surface area (Å²) in [6, 6.07) is 0.120. The molecule has 4 nitrogen and oxygen atoms in total. The lowest BCUT2D eigenvalue weighted by molar-refractivity contribution is 0.265. The smallest absolute Gasteiger partial charge is 0.195 e. The lowest BCUT2D eigenvalue weighted by Crippen LogP contribution is -2.50. The number of nitrogens with zero attached hydrogens (tertiary/aromatic N) is 2. The Labute approximate surface area is 120 Å². The highest BCUT2D eigenvalue weighted by Crippen LogP contribution is 2.21. The van der Waals surface area contributed by atoms with Crippen LogP contribution in [0.15, 0.2) is 0 Å². The zero-order valence-electron chi connectivity index (χ0n) is 11.4. The summed E-state index contributed by atoms with van der Waals surface area (Å²) in [6.45, 7) is 6.04. The van der Waals surface area contributed by atoms with E-state index in [9.17, 15) is 8.42 Å². The normalized spacial score (nSPS) is 18.7. The fraction of sp³-hybridized carbons (Fsp3) is 1.00. The number of hydrogen-bond donors (Lipinski definition) is 0. The van der Waals surface area contributed by atoms with Crippen molar-refractivity contribution in [2.24, 2.45) is 0 Å². The van der Waals surface area contributed by atoms with Crippen LogP contribution in [0.3, 0.4) is 0 Å². The Hall–Kier alpha value is 0.350. The van der Waals surface area contributed by atoms with Gasteiger partial charge in [-0.15, -0.1) is 0 Å². The van der Waals surface area contributed by atoms with Gasteiger partial charge in [-0.3, -0.25) is 0 Å². The first-order valence-corrected chi connectivity index (χ1v) is 9.42. The van der Waals surface area contributed by atoms with Crippen LogP contribution in [-0.2, 0) is 10.2 Å². The largest absolute Gasteiger partial charge is 0.282 e. The number of halogens is 1. The van der Waals surface area contributed by atoms with E-state index in [1.165, 1.54) is 0 Å². The second kappa shape index (κ2) is 7.82. The molecule has 0 atom stereocenters. The van der Waals surface area contributed by atoms with Crippen molar-refractivity contribution in [2.45, 2.75) is 52.0 Å². The van der Waals surface area contributed by atoms with Crippen LogP contribution < -0.4 is 0 Å². The molecule has 1 fully saturated rings. The van der Waals surface area contributed by atoms with Crippen LogP contribution in [0.2, 0.25) is 0 Å². The molecule has 1 heterocycles. The van der Waals surface area contributed by atoms with Crippen molar-refractivity contribution in [3.05, 3.63) is 0 Å². The second-order valence-corrected chi connectivity index (χ2v) is 7.41. The summed E-state index contributed by atoms with van der Waals surface area (Å²) in [7, 11) is -3.27. The Balaban J connectivity index is 2.87. The van der Waals surface area contributed by atoms with Crippen LogP contribution in [0.4, 0.5) is 0 Å². The lowest BCUT2D eigenvalue weighted by Gasteiger charge is -2.35. The maximum Gasteiger partial charge on any atom is 0.282 e. The van der Waals surface area contributed by atoms with Crippen molar-refractivity contribution in [2.75, 3.05) is 25.0 Å². The van der Waals surface area contributed by atoms with Gasteiger partial charge >= 0.3 is 0 Å². The van der Waals surface area contributed by atoms with Gasteiger partial charge in [-0.2, -0.15) is 17.0 Å². The summed E-state index contributed by atoms with van der Waals surface area (Å²) in [5, 5.41) is 0.691. The van der Waals surface area contributed by atoms with E-state index >= 15 is 0 Å². The number of rotatable bonds is 7. The monoisotopic (exact) mass is 340 g/mol. The van der Waals surface area contributed by atoms with E-state index in [-0.39, 0.29) is 6.04 Å². The molecule has 0 aromatic carbocycles. The fourth-order valence-electron chi connectivity index (χ4n) is 2.51. The molecular weight excluding hydrogens is 316 g/mol. The zero-order chi connectivity index (χ0) is 13.6. The maximum atomic E-state index is 12.7. The van der Waals surface area contributed by atoms with Gasteiger partial charge in [-0.1, -0.05) is 36.2 Å². The predicted octanol–water partition coefficient (Wildman–Crippen LogP) is 2.60. The molecule has 1 saturated heterocycles. The predicted molar refractivity (Wildman–Crippen MR) is 79.2 cm³/mol. The van der Waals surface area contributed by atoms with Crippen LogP contribution in [0.5, 0.6) is 0 Å². The van der Waals surface area contributed by atoms with Crippen molar-refractivity contribution >= 4 is 26.1 Å². The zero-order valence-corrected chi connectivity index (χ0v) is 13.8. The van der Waals surface area contributed by atoms with Gasteiger partial charge < -0.3 is 0 Å². The van der Waals surface area contributed by atoms with Crippen LogP contribution in [-0.4, -0.2) is 48.0 Å². The van der Waals surface area contributed by atoms with Gasteiger partial charge in [0.25, 0.3) is 10.2 Å². The first-order valence-electron chi connectivity index (χ1n) is 6.90. The molecule has 0 bridgehead atoms. The highest BCUT2D eigenvalue weighted by Gasteiger charge is 2.33. The van der Waals surface area contributed by atoms with Crippen LogP contribution in [0.25, 0.3) is 0 Å². The van der Waals surface area contributed by atoms with Gasteiger partial charge in [-0.25, -0.2) is 0 Å². The standard InChI is InChI=1S/C12H25BrN2O2S/c1-3-12(4-2)15(11-8-13)18(16,17)14-9-6-5-7-10-14/h12H,3-11H2,1-2H3. The third-order valence-electron chi connectivity index (χ3n) is 3.59. The molecule has 0 radical (unpaired) electrons. The summed E-state index contributed by atoms with van der Waals surface area (Å²) in [5.41, 5.74) is 0. The quantitative estimate of drug-likeness (QED) is 0.668. The van der Waals surface area contributed by atoms with Crippen LogP contribution in [0, 0.1) is 0 Å². The SMILES string of the molecule is CCC(CC)N(CCBr)S(=O)(=O)N1CCCCC1. The highest BCUT2D eigenvalue weighted by atomic mass is 79.9. The van der Waals surface area contributed by atoms with E-state index in [2.05, 4.69) is 29.8 Å². The summed E-state index contributed by atoms with van der Waals surface area (Å²) in [6.07, 6.45) is 4.87. The third kappa shape index (κ3) is 3.92. The molecule has 0 amide bonds. The molecule has 0 spiro atoms. The summed E-state index contributed by atoms with van der Waals surface area (Å²) >= 11 is 3.37. The van der Waals surface area contributed by atoms with E-state index in [4.69, 9.17) is 0 Å². The summed E-state index contributed by atoms with van der Waals surface area (Å²) in [5.74, 6) is 0. The van der Waals surface area contributed by atoms with Crippen molar-refractivity contribution in [1.82, 2.24) is 8.61 Å². The third-order valence-corrected chi connectivity index (χ3v) is 6.04. The Bertz CT molecular complexity index is 325. The Kier molecular flexibility index (Phi) is 7.13.